The van der Waals surface area contributed by atoms with Gasteiger partial charge in [0.05, 0.1) is 0 Å². The van der Waals surface area contributed by atoms with Crippen molar-refractivity contribution < 1.29 is 5.11 Å². The van der Waals surface area contributed by atoms with E-state index in [4.69, 9.17) is 5.11 Å². The first-order chi connectivity index (χ1) is 3.27. The molecule has 1 N–H and O–H groups in total. The van der Waals surface area contributed by atoms with Crippen LogP contribution in [0.5, 0.6) is 0 Å². The minimum atomic E-state index is 0.325. The van der Waals surface area contributed by atoms with Gasteiger partial charge in [-0.3, -0.25) is 0 Å². The van der Waals surface area contributed by atoms with Crippen LogP contribution in [0.3, 0.4) is 0 Å². The molecule has 0 aromatic rings. The topological polar surface area (TPSA) is 20.2 Å². The van der Waals surface area contributed by atoms with E-state index in [1.165, 1.54) is 5.92 Å². The van der Waals surface area contributed by atoms with E-state index in [0.29, 0.717) is 6.61 Å². The summed E-state index contributed by atoms with van der Waals surface area (Å²) >= 11 is 0. The first-order valence-electron chi connectivity index (χ1n) is 2.67. The van der Waals surface area contributed by atoms with Crippen molar-refractivity contribution in [2.24, 2.45) is 0 Å². The zero-order chi connectivity index (χ0) is 5.70. The second kappa shape index (κ2) is 4.13. The molecule has 0 aliphatic carbocycles. The van der Waals surface area contributed by atoms with Crippen molar-refractivity contribution >= 4 is 0 Å². The van der Waals surface area contributed by atoms with Gasteiger partial charge in [-0.05, 0) is 0 Å². The molecule has 0 aromatic heterocycles. The maximum Gasteiger partial charge on any atom is 0.0406 e. The SMILES string of the molecule is C[C-](C)CCCO. The molecule has 0 saturated heterocycles. The molecule has 44 valence electrons. The van der Waals surface area contributed by atoms with Gasteiger partial charge in [-0.2, -0.15) is 20.3 Å². The van der Waals surface area contributed by atoms with Crippen LogP contribution >= 0.6 is 0 Å². The molecule has 0 aliphatic heterocycles. The van der Waals surface area contributed by atoms with Gasteiger partial charge >= 0.3 is 0 Å². The maximum atomic E-state index is 8.30. The van der Waals surface area contributed by atoms with Crippen LogP contribution < -0.4 is 0 Å². The Kier molecular flexibility index (Phi) is 4.10. The van der Waals surface area contributed by atoms with E-state index in [0.717, 1.165) is 12.8 Å². The Labute approximate surface area is 45.4 Å². The molecule has 0 amide bonds. The van der Waals surface area contributed by atoms with E-state index in [9.17, 15) is 0 Å². The summed E-state index contributed by atoms with van der Waals surface area (Å²) in [6, 6.07) is 0. The molecule has 0 rings (SSSR count). The fourth-order valence-electron chi connectivity index (χ4n) is 0.433. The Morgan fingerprint density at radius 2 is 2.00 bits per heavy atom. The first-order valence-corrected chi connectivity index (χ1v) is 2.67. The van der Waals surface area contributed by atoms with Gasteiger partial charge in [0.15, 0.2) is 0 Å². The largest absolute Gasteiger partial charge is 0.396 e. The van der Waals surface area contributed by atoms with Crippen molar-refractivity contribution in [1.29, 1.82) is 0 Å². The van der Waals surface area contributed by atoms with E-state index in [1.807, 2.05) is 0 Å². The Hall–Kier alpha value is -0.0400. The molecular weight excluding hydrogens is 88.1 g/mol. The standard InChI is InChI=1S/C6H13O/c1-6(2)4-3-5-7/h7H,3-5H2,1-2H3/q-1. The van der Waals surface area contributed by atoms with Crippen molar-refractivity contribution in [3.63, 3.8) is 0 Å². The van der Waals surface area contributed by atoms with Gasteiger partial charge in [0, 0.05) is 6.61 Å². The monoisotopic (exact) mass is 101 g/mol. The molecule has 0 aliphatic rings. The molecule has 0 heterocycles. The predicted molar refractivity (Wildman–Crippen MR) is 30.9 cm³/mol. The number of aliphatic hydroxyl groups excluding tert-OH is 1. The van der Waals surface area contributed by atoms with E-state index in [1.54, 1.807) is 0 Å². The van der Waals surface area contributed by atoms with Crippen LogP contribution in [-0.4, -0.2) is 11.7 Å². The molecule has 0 bridgehead atoms. The summed E-state index contributed by atoms with van der Waals surface area (Å²) < 4.78 is 0. The van der Waals surface area contributed by atoms with Gasteiger partial charge < -0.3 is 11.0 Å². The average molecular weight is 101 g/mol. The lowest BCUT2D eigenvalue weighted by atomic mass is 10.1. The van der Waals surface area contributed by atoms with Crippen LogP contribution in [0.2, 0.25) is 0 Å². The Balaban J connectivity index is 2.68. The summed E-state index contributed by atoms with van der Waals surface area (Å²) in [6.07, 6.45) is 1.98. The molecule has 0 atom stereocenters. The first kappa shape index (κ1) is 6.96. The van der Waals surface area contributed by atoms with Gasteiger partial charge in [0.25, 0.3) is 0 Å². The lowest BCUT2D eigenvalue weighted by Gasteiger charge is -2.13. The molecule has 0 unspecified atom stereocenters. The summed E-state index contributed by atoms with van der Waals surface area (Å²) in [5, 5.41) is 8.30. The second-order valence-electron chi connectivity index (χ2n) is 2.03. The highest BCUT2D eigenvalue weighted by Crippen LogP contribution is 2.03. The van der Waals surface area contributed by atoms with Crippen LogP contribution in [0.15, 0.2) is 0 Å². The lowest BCUT2D eigenvalue weighted by molar-refractivity contribution is 0.286. The number of aliphatic hydroxyl groups is 1. The van der Waals surface area contributed by atoms with Crippen molar-refractivity contribution in [3.05, 3.63) is 5.92 Å². The molecule has 1 heteroatoms. The Morgan fingerprint density at radius 3 is 2.14 bits per heavy atom. The van der Waals surface area contributed by atoms with Gasteiger partial charge in [-0.25, -0.2) is 0 Å². The molecule has 0 fully saturated rings. The van der Waals surface area contributed by atoms with Gasteiger partial charge in [-0.15, -0.1) is 0 Å². The molecule has 0 radical (unpaired) electrons. The predicted octanol–water partition coefficient (Wildman–Crippen LogP) is 1.37. The van der Waals surface area contributed by atoms with Crippen molar-refractivity contribution in [1.82, 2.24) is 0 Å². The smallest absolute Gasteiger partial charge is 0.0406 e. The zero-order valence-corrected chi connectivity index (χ0v) is 5.07. The van der Waals surface area contributed by atoms with Crippen LogP contribution in [0.1, 0.15) is 26.7 Å². The van der Waals surface area contributed by atoms with Crippen LogP contribution in [0.25, 0.3) is 0 Å². The van der Waals surface area contributed by atoms with E-state index >= 15 is 0 Å². The summed E-state index contributed by atoms with van der Waals surface area (Å²) in [5.41, 5.74) is 0. The van der Waals surface area contributed by atoms with Gasteiger partial charge in [0.1, 0.15) is 0 Å². The van der Waals surface area contributed by atoms with Gasteiger partial charge in [0.2, 0.25) is 0 Å². The third-order valence-corrected chi connectivity index (χ3v) is 0.835. The number of hydrogen-bond acceptors (Lipinski definition) is 1. The normalized spacial score (nSPS) is 10.3. The van der Waals surface area contributed by atoms with E-state index < -0.39 is 0 Å². The summed E-state index contributed by atoms with van der Waals surface area (Å²) in [5.74, 6) is 1.40. The molecule has 0 aromatic carbocycles. The van der Waals surface area contributed by atoms with Gasteiger partial charge in [-0.1, -0.05) is 6.42 Å². The Morgan fingerprint density at radius 1 is 1.43 bits per heavy atom. The minimum absolute atomic E-state index is 0.325. The fourth-order valence-corrected chi connectivity index (χ4v) is 0.433. The van der Waals surface area contributed by atoms with Crippen molar-refractivity contribution in [2.75, 3.05) is 6.61 Å². The summed E-state index contributed by atoms with van der Waals surface area (Å²) in [6.45, 7) is 4.48. The maximum absolute atomic E-state index is 8.30. The van der Waals surface area contributed by atoms with Crippen LogP contribution in [0.4, 0.5) is 0 Å². The average Bonchev–Trinajstić information content (AvgIpc) is 1.61. The Bertz CT molecular complexity index is 33.2. The molecular formula is C6H13O-. The second-order valence-corrected chi connectivity index (χ2v) is 2.03. The van der Waals surface area contributed by atoms with Crippen LogP contribution in [0, 0.1) is 5.92 Å². The third-order valence-electron chi connectivity index (χ3n) is 0.835. The minimum Gasteiger partial charge on any atom is -0.396 e. The third kappa shape index (κ3) is 5.96. The van der Waals surface area contributed by atoms with Crippen LogP contribution in [-0.2, 0) is 0 Å². The molecule has 1 nitrogen and oxygen atoms in total. The molecule has 0 spiro atoms. The molecule has 0 saturated carbocycles. The van der Waals surface area contributed by atoms with E-state index in [-0.39, 0.29) is 0 Å². The van der Waals surface area contributed by atoms with E-state index in [2.05, 4.69) is 13.8 Å². The molecule has 7 heavy (non-hydrogen) atoms. The quantitative estimate of drug-likeness (QED) is 0.532. The lowest BCUT2D eigenvalue weighted by Crippen LogP contribution is -1.87. The number of rotatable bonds is 3. The number of hydrogen-bond donors (Lipinski definition) is 1. The summed E-state index contributed by atoms with van der Waals surface area (Å²) in [7, 11) is 0. The summed E-state index contributed by atoms with van der Waals surface area (Å²) in [4.78, 5) is 0. The van der Waals surface area contributed by atoms with Crippen molar-refractivity contribution in [3.8, 4) is 0 Å². The highest BCUT2D eigenvalue weighted by molar-refractivity contribution is 4.75. The highest BCUT2D eigenvalue weighted by atomic mass is 16.2. The zero-order valence-electron chi connectivity index (χ0n) is 5.07. The highest BCUT2D eigenvalue weighted by Gasteiger charge is 1.76. The van der Waals surface area contributed by atoms with Crippen molar-refractivity contribution in [2.45, 2.75) is 26.7 Å². The fraction of sp³-hybridized carbons (Fsp3) is 0.833.